The Morgan fingerprint density at radius 1 is 1.14 bits per heavy atom. The lowest BCUT2D eigenvalue weighted by Gasteiger charge is -2.16. The molecule has 0 saturated heterocycles. The van der Waals surface area contributed by atoms with Gasteiger partial charge in [-0.1, -0.05) is 6.07 Å². The van der Waals surface area contributed by atoms with E-state index in [-0.39, 0.29) is 6.04 Å². The second kappa shape index (κ2) is 7.04. The third kappa shape index (κ3) is 3.70. The number of hydrogen-bond donors (Lipinski definition) is 1. The molecule has 0 aliphatic heterocycles. The maximum Gasteiger partial charge on any atom is 0.127 e. The molecule has 0 aliphatic rings. The van der Waals surface area contributed by atoms with E-state index in [4.69, 9.17) is 9.47 Å². The average molecular weight is 287 g/mol. The largest absolute Gasteiger partial charge is 0.497 e. The predicted octanol–water partition coefficient (Wildman–Crippen LogP) is 2.65. The molecule has 1 aromatic carbocycles. The van der Waals surface area contributed by atoms with Crippen molar-refractivity contribution < 1.29 is 9.47 Å². The van der Waals surface area contributed by atoms with Crippen LogP contribution in [0.1, 0.15) is 29.9 Å². The summed E-state index contributed by atoms with van der Waals surface area (Å²) >= 11 is 0. The van der Waals surface area contributed by atoms with Gasteiger partial charge >= 0.3 is 0 Å². The molecule has 0 amide bonds. The number of benzene rings is 1. The summed E-state index contributed by atoms with van der Waals surface area (Å²) in [6, 6.07) is 5.93. The smallest absolute Gasteiger partial charge is 0.127 e. The molecule has 0 bridgehead atoms. The number of rotatable bonds is 6. The van der Waals surface area contributed by atoms with Crippen LogP contribution in [0.5, 0.6) is 11.5 Å². The van der Waals surface area contributed by atoms with Crippen molar-refractivity contribution in [1.82, 2.24) is 15.3 Å². The Balaban J connectivity index is 2.08. The fraction of sp³-hybridized carbons (Fsp3) is 0.375. The molecule has 0 spiro atoms. The topological polar surface area (TPSA) is 56.3 Å². The summed E-state index contributed by atoms with van der Waals surface area (Å²) < 4.78 is 10.6. The van der Waals surface area contributed by atoms with Gasteiger partial charge in [0.2, 0.25) is 0 Å². The monoisotopic (exact) mass is 287 g/mol. The van der Waals surface area contributed by atoms with Crippen molar-refractivity contribution >= 4 is 0 Å². The summed E-state index contributed by atoms with van der Waals surface area (Å²) in [5.74, 6) is 1.60. The SMILES string of the molecule is COc1ccc(CNC(C)c2nccnc2C)c(OC)c1. The minimum Gasteiger partial charge on any atom is -0.497 e. The third-order valence-corrected chi connectivity index (χ3v) is 3.42. The fourth-order valence-corrected chi connectivity index (χ4v) is 2.20. The second-order valence-corrected chi connectivity index (χ2v) is 4.81. The van der Waals surface area contributed by atoms with Gasteiger partial charge in [0.15, 0.2) is 0 Å². The Morgan fingerprint density at radius 2 is 1.90 bits per heavy atom. The number of aromatic nitrogens is 2. The summed E-state index contributed by atoms with van der Waals surface area (Å²) in [7, 11) is 3.31. The van der Waals surface area contributed by atoms with E-state index >= 15 is 0 Å². The number of ether oxygens (including phenoxy) is 2. The lowest BCUT2D eigenvalue weighted by atomic mass is 10.1. The van der Waals surface area contributed by atoms with E-state index < -0.39 is 0 Å². The summed E-state index contributed by atoms with van der Waals surface area (Å²) in [6.07, 6.45) is 3.42. The Hall–Kier alpha value is -2.14. The summed E-state index contributed by atoms with van der Waals surface area (Å²) in [5, 5.41) is 3.44. The van der Waals surface area contributed by atoms with Gasteiger partial charge in [0, 0.05) is 36.6 Å². The molecule has 112 valence electrons. The van der Waals surface area contributed by atoms with Crippen LogP contribution in [0.2, 0.25) is 0 Å². The number of hydrogen-bond acceptors (Lipinski definition) is 5. The van der Waals surface area contributed by atoms with Crippen LogP contribution in [0.4, 0.5) is 0 Å². The lowest BCUT2D eigenvalue weighted by molar-refractivity contribution is 0.388. The first-order valence-electron chi connectivity index (χ1n) is 6.87. The van der Waals surface area contributed by atoms with Crippen molar-refractivity contribution in [2.45, 2.75) is 26.4 Å². The molecule has 0 aliphatic carbocycles. The molecule has 0 fully saturated rings. The van der Waals surface area contributed by atoms with Crippen molar-refractivity contribution in [3.8, 4) is 11.5 Å². The van der Waals surface area contributed by atoms with E-state index in [0.717, 1.165) is 28.5 Å². The van der Waals surface area contributed by atoms with Crippen LogP contribution in [0, 0.1) is 6.92 Å². The highest BCUT2D eigenvalue weighted by atomic mass is 16.5. The highest BCUT2D eigenvalue weighted by Gasteiger charge is 2.11. The number of nitrogens with zero attached hydrogens (tertiary/aromatic N) is 2. The molecular weight excluding hydrogens is 266 g/mol. The van der Waals surface area contributed by atoms with Crippen LogP contribution < -0.4 is 14.8 Å². The molecule has 5 nitrogen and oxygen atoms in total. The standard InChI is InChI=1S/C16H21N3O2/c1-11-16(18-8-7-17-11)12(2)19-10-13-5-6-14(20-3)9-15(13)21-4/h5-9,12,19H,10H2,1-4H3. The van der Waals surface area contributed by atoms with Gasteiger partial charge in [-0.2, -0.15) is 0 Å². The molecule has 21 heavy (non-hydrogen) atoms. The van der Waals surface area contributed by atoms with Gasteiger partial charge in [0.1, 0.15) is 11.5 Å². The highest BCUT2D eigenvalue weighted by molar-refractivity contribution is 5.40. The predicted molar refractivity (Wildman–Crippen MR) is 81.6 cm³/mol. The molecular formula is C16H21N3O2. The first kappa shape index (κ1) is 15.3. The van der Waals surface area contributed by atoms with Crippen molar-refractivity contribution in [3.05, 3.63) is 47.5 Å². The minimum absolute atomic E-state index is 0.116. The van der Waals surface area contributed by atoms with Gasteiger partial charge in [0.05, 0.1) is 25.6 Å². The normalized spacial score (nSPS) is 12.0. The van der Waals surface area contributed by atoms with Gasteiger partial charge < -0.3 is 14.8 Å². The Morgan fingerprint density at radius 3 is 2.57 bits per heavy atom. The van der Waals surface area contributed by atoms with E-state index in [0.29, 0.717) is 6.54 Å². The maximum absolute atomic E-state index is 5.40. The van der Waals surface area contributed by atoms with E-state index in [9.17, 15) is 0 Å². The Kier molecular flexibility index (Phi) is 5.11. The van der Waals surface area contributed by atoms with E-state index in [1.165, 1.54) is 0 Å². The van der Waals surface area contributed by atoms with Crippen molar-refractivity contribution in [2.24, 2.45) is 0 Å². The van der Waals surface area contributed by atoms with Gasteiger partial charge in [-0.05, 0) is 19.9 Å². The third-order valence-electron chi connectivity index (χ3n) is 3.42. The summed E-state index contributed by atoms with van der Waals surface area (Å²) in [6.45, 7) is 4.73. The van der Waals surface area contributed by atoms with Crippen LogP contribution >= 0.6 is 0 Å². The lowest BCUT2D eigenvalue weighted by Crippen LogP contribution is -2.20. The quantitative estimate of drug-likeness (QED) is 0.885. The van der Waals surface area contributed by atoms with Crippen molar-refractivity contribution in [3.63, 3.8) is 0 Å². The van der Waals surface area contributed by atoms with Crippen LogP contribution in [-0.2, 0) is 6.54 Å². The number of methoxy groups -OCH3 is 2. The summed E-state index contributed by atoms with van der Waals surface area (Å²) in [5.41, 5.74) is 2.98. The van der Waals surface area contributed by atoms with Crippen LogP contribution in [0.25, 0.3) is 0 Å². The highest BCUT2D eigenvalue weighted by Crippen LogP contribution is 2.25. The van der Waals surface area contributed by atoms with E-state index in [2.05, 4.69) is 22.2 Å². The molecule has 1 heterocycles. The maximum atomic E-state index is 5.40. The number of nitrogens with one attached hydrogen (secondary N) is 1. The molecule has 2 aromatic rings. The van der Waals surface area contributed by atoms with Crippen molar-refractivity contribution in [1.29, 1.82) is 0 Å². The first-order chi connectivity index (χ1) is 10.2. The zero-order valence-corrected chi connectivity index (χ0v) is 12.9. The molecule has 0 saturated carbocycles. The van der Waals surface area contributed by atoms with Crippen LogP contribution in [0.15, 0.2) is 30.6 Å². The van der Waals surface area contributed by atoms with Gasteiger partial charge in [-0.3, -0.25) is 9.97 Å². The summed E-state index contributed by atoms with van der Waals surface area (Å²) in [4.78, 5) is 8.65. The second-order valence-electron chi connectivity index (χ2n) is 4.81. The molecule has 2 rings (SSSR count). The van der Waals surface area contributed by atoms with E-state index in [1.54, 1.807) is 26.6 Å². The number of aryl methyl sites for hydroxylation is 1. The average Bonchev–Trinajstić information content (AvgIpc) is 2.52. The Labute approximate surface area is 125 Å². The molecule has 1 atom stereocenters. The van der Waals surface area contributed by atoms with Gasteiger partial charge in [-0.15, -0.1) is 0 Å². The van der Waals surface area contributed by atoms with Crippen LogP contribution in [0.3, 0.4) is 0 Å². The minimum atomic E-state index is 0.116. The molecule has 5 heteroatoms. The van der Waals surface area contributed by atoms with Crippen LogP contribution in [-0.4, -0.2) is 24.2 Å². The van der Waals surface area contributed by atoms with Gasteiger partial charge in [0.25, 0.3) is 0 Å². The zero-order valence-electron chi connectivity index (χ0n) is 12.9. The first-order valence-corrected chi connectivity index (χ1v) is 6.87. The zero-order chi connectivity index (χ0) is 15.2. The van der Waals surface area contributed by atoms with E-state index in [1.807, 2.05) is 25.1 Å². The molecule has 0 radical (unpaired) electrons. The molecule has 1 aromatic heterocycles. The molecule has 1 unspecified atom stereocenters. The fourth-order valence-electron chi connectivity index (χ4n) is 2.20. The van der Waals surface area contributed by atoms with Crippen molar-refractivity contribution in [2.75, 3.05) is 14.2 Å². The Bertz CT molecular complexity index is 602. The molecule has 1 N–H and O–H groups in total. The van der Waals surface area contributed by atoms with Gasteiger partial charge in [-0.25, -0.2) is 0 Å².